The Morgan fingerprint density at radius 2 is 1.71 bits per heavy atom. The maximum atomic E-state index is 2.29. The van der Waals surface area contributed by atoms with Crippen molar-refractivity contribution in [2.75, 3.05) is 0 Å². The van der Waals surface area contributed by atoms with E-state index < -0.39 is 0 Å². The normalized spacial score (nSPS) is 14.9. The zero-order valence-corrected chi connectivity index (χ0v) is 10.6. The van der Waals surface area contributed by atoms with Crippen molar-refractivity contribution in [3.8, 4) is 0 Å². The summed E-state index contributed by atoms with van der Waals surface area (Å²) in [7, 11) is 0. The first-order chi connectivity index (χ1) is 7.88. The van der Waals surface area contributed by atoms with Gasteiger partial charge in [0.25, 0.3) is 0 Å². The van der Waals surface area contributed by atoms with Gasteiger partial charge in [-0.15, -0.1) is 0 Å². The first kappa shape index (κ1) is 15.7. The third kappa shape index (κ3) is 4.60. The number of rotatable bonds is 2. The molecular weight excluding hydrogens is 204 g/mol. The fourth-order valence-corrected chi connectivity index (χ4v) is 1.94. The summed E-state index contributed by atoms with van der Waals surface area (Å²) in [6.07, 6.45) is 9.09. The quantitative estimate of drug-likeness (QED) is 0.608. The summed E-state index contributed by atoms with van der Waals surface area (Å²) >= 11 is 0. The van der Waals surface area contributed by atoms with E-state index in [9.17, 15) is 0 Å². The Bertz CT molecular complexity index is 344. The molecule has 0 fully saturated rings. The van der Waals surface area contributed by atoms with E-state index in [0.717, 1.165) is 0 Å². The van der Waals surface area contributed by atoms with Gasteiger partial charge in [0.1, 0.15) is 0 Å². The van der Waals surface area contributed by atoms with E-state index in [1.165, 1.54) is 18.4 Å². The average molecular weight is 230 g/mol. The molecule has 94 valence electrons. The highest BCUT2D eigenvalue weighted by atomic mass is 14.2. The van der Waals surface area contributed by atoms with E-state index in [-0.39, 0.29) is 7.43 Å². The highest BCUT2D eigenvalue weighted by Crippen LogP contribution is 2.28. The van der Waals surface area contributed by atoms with Gasteiger partial charge in [-0.1, -0.05) is 82.3 Å². The van der Waals surface area contributed by atoms with Crippen LogP contribution in [0.15, 0.2) is 54.1 Å². The van der Waals surface area contributed by atoms with E-state index in [4.69, 9.17) is 0 Å². The second-order valence-electron chi connectivity index (χ2n) is 3.84. The molecule has 17 heavy (non-hydrogen) atoms. The molecule has 1 unspecified atom stereocenters. The van der Waals surface area contributed by atoms with Crippen LogP contribution in [0.3, 0.4) is 0 Å². The third-order valence-corrected chi connectivity index (χ3v) is 2.90. The SMILES string of the molecule is C.CC.CC(C1=CC=CCC1)c1ccccc1. The van der Waals surface area contributed by atoms with Gasteiger partial charge in [0.2, 0.25) is 0 Å². The molecule has 0 nitrogen and oxygen atoms in total. The number of benzene rings is 1. The molecule has 0 amide bonds. The third-order valence-electron chi connectivity index (χ3n) is 2.90. The lowest BCUT2D eigenvalue weighted by molar-refractivity contribution is 0.799. The number of allylic oxidation sites excluding steroid dienone is 4. The van der Waals surface area contributed by atoms with Gasteiger partial charge < -0.3 is 0 Å². The van der Waals surface area contributed by atoms with Crippen molar-refractivity contribution in [3.05, 3.63) is 59.7 Å². The van der Waals surface area contributed by atoms with Crippen molar-refractivity contribution >= 4 is 0 Å². The molecule has 0 heterocycles. The minimum atomic E-state index is 0. The summed E-state index contributed by atoms with van der Waals surface area (Å²) < 4.78 is 0. The van der Waals surface area contributed by atoms with Crippen molar-refractivity contribution in [1.29, 1.82) is 0 Å². The molecule has 1 aromatic carbocycles. The molecular formula is C17H26. The zero-order valence-electron chi connectivity index (χ0n) is 10.6. The largest absolute Gasteiger partial charge is 0.0842 e. The standard InChI is InChI=1S/C14H16.C2H6.CH4/c1-12(13-8-4-2-5-9-13)14-10-6-3-7-11-14;1-2;/h2-6,8-10,12H,7,11H2,1H3;1-2H3;1H4. The van der Waals surface area contributed by atoms with Crippen molar-refractivity contribution in [2.45, 2.75) is 47.0 Å². The summed E-state index contributed by atoms with van der Waals surface area (Å²) in [6.45, 7) is 6.29. The molecule has 0 radical (unpaired) electrons. The van der Waals surface area contributed by atoms with Crippen LogP contribution in [-0.4, -0.2) is 0 Å². The van der Waals surface area contributed by atoms with Crippen LogP contribution in [-0.2, 0) is 0 Å². The molecule has 1 atom stereocenters. The van der Waals surface area contributed by atoms with Gasteiger partial charge >= 0.3 is 0 Å². The predicted molar refractivity (Wildman–Crippen MR) is 79.4 cm³/mol. The molecule has 1 aliphatic rings. The number of hydrogen-bond acceptors (Lipinski definition) is 0. The average Bonchev–Trinajstić information content (AvgIpc) is 2.42. The summed E-state index contributed by atoms with van der Waals surface area (Å²) in [5.74, 6) is 0.571. The molecule has 0 aromatic heterocycles. The lowest BCUT2D eigenvalue weighted by atomic mass is 9.88. The fourth-order valence-electron chi connectivity index (χ4n) is 1.94. The van der Waals surface area contributed by atoms with Gasteiger partial charge in [-0.3, -0.25) is 0 Å². The second kappa shape index (κ2) is 8.81. The van der Waals surface area contributed by atoms with E-state index >= 15 is 0 Å². The highest BCUT2D eigenvalue weighted by Gasteiger charge is 2.10. The Morgan fingerprint density at radius 3 is 2.24 bits per heavy atom. The molecule has 0 N–H and O–H groups in total. The van der Waals surface area contributed by atoms with Crippen molar-refractivity contribution in [2.24, 2.45) is 0 Å². The molecule has 0 aliphatic heterocycles. The van der Waals surface area contributed by atoms with Crippen LogP contribution in [0.25, 0.3) is 0 Å². The van der Waals surface area contributed by atoms with Gasteiger partial charge in [0.15, 0.2) is 0 Å². The van der Waals surface area contributed by atoms with Gasteiger partial charge in [0, 0.05) is 5.92 Å². The lowest BCUT2D eigenvalue weighted by Gasteiger charge is -2.17. The minimum Gasteiger partial charge on any atom is -0.0842 e. The molecule has 0 bridgehead atoms. The van der Waals surface area contributed by atoms with Gasteiger partial charge in [-0.2, -0.15) is 0 Å². The number of hydrogen-bond donors (Lipinski definition) is 0. The highest BCUT2D eigenvalue weighted by molar-refractivity contribution is 5.31. The molecule has 1 aromatic rings. The summed E-state index contributed by atoms with van der Waals surface area (Å²) in [5, 5.41) is 0. The molecule has 0 spiro atoms. The summed E-state index contributed by atoms with van der Waals surface area (Å²) in [4.78, 5) is 0. The van der Waals surface area contributed by atoms with Crippen LogP contribution in [0, 0.1) is 0 Å². The minimum absolute atomic E-state index is 0. The van der Waals surface area contributed by atoms with E-state index in [0.29, 0.717) is 5.92 Å². The van der Waals surface area contributed by atoms with Crippen LogP contribution < -0.4 is 0 Å². The first-order valence-electron chi connectivity index (χ1n) is 6.28. The topological polar surface area (TPSA) is 0 Å². The van der Waals surface area contributed by atoms with Gasteiger partial charge in [-0.05, 0) is 18.4 Å². The first-order valence-corrected chi connectivity index (χ1v) is 6.28. The van der Waals surface area contributed by atoms with Crippen LogP contribution >= 0.6 is 0 Å². The van der Waals surface area contributed by atoms with E-state index in [2.05, 4.69) is 55.5 Å². The molecule has 0 heteroatoms. The maximum absolute atomic E-state index is 2.29. The maximum Gasteiger partial charge on any atom is 0.00230 e. The van der Waals surface area contributed by atoms with Gasteiger partial charge in [0.05, 0.1) is 0 Å². The van der Waals surface area contributed by atoms with Crippen molar-refractivity contribution in [1.82, 2.24) is 0 Å². The van der Waals surface area contributed by atoms with Crippen LogP contribution in [0.5, 0.6) is 0 Å². The van der Waals surface area contributed by atoms with Crippen molar-refractivity contribution in [3.63, 3.8) is 0 Å². The lowest BCUT2D eigenvalue weighted by Crippen LogP contribution is -1.99. The Kier molecular flexibility index (Phi) is 8.13. The Labute approximate surface area is 107 Å². The molecule has 0 saturated heterocycles. The Morgan fingerprint density at radius 1 is 1.06 bits per heavy atom. The zero-order chi connectivity index (χ0) is 11.8. The predicted octanol–water partition coefficient (Wildman–Crippen LogP) is 5.73. The van der Waals surface area contributed by atoms with Gasteiger partial charge in [-0.25, -0.2) is 0 Å². The van der Waals surface area contributed by atoms with E-state index in [1.54, 1.807) is 5.57 Å². The Balaban J connectivity index is 0.000000811. The molecule has 1 aliphatic carbocycles. The summed E-state index contributed by atoms with van der Waals surface area (Å²) in [6, 6.07) is 10.7. The smallest absolute Gasteiger partial charge is 0.00230 e. The van der Waals surface area contributed by atoms with Crippen LogP contribution in [0.1, 0.15) is 52.5 Å². The summed E-state index contributed by atoms with van der Waals surface area (Å²) in [5.41, 5.74) is 2.98. The van der Waals surface area contributed by atoms with Crippen LogP contribution in [0.4, 0.5) is 0 Å². The Hall–Kier alpha value is -1.30. The fraction of sp³-hybridized carbons (Fsp3) is 0.412. The van der Waals surface area contributed by atoms with E-state index in [1.807, 2.05) is 13.8 Å². The molecule has 2 rings (SSSR count). The monoisotopic (exact) mass is 230 g/mol. The molecule has 0 saturated carbocycles. The second-order valence-corrected chi connectivity index (χ2v) is 3.84. The van der Waals surface area contributed by atoms with Crippen molar-refractivity contribution < 1.29 is 0 Å². The van der Waals surface area contributed by atoms with Crippen LogP contribution in [0.2, 0.25) is 0 Å².